The molecule has 1 aromatic carbocycles. The Bertz CT molecular complexity index is 515. The van der Waals surface area contributed by atoms with Crippen molar-refractivity contribution in [2.24, 2.45) is 11.8 Å². The van der Waals surface area contributed by atoms with Crippen molar-refractivity contribution in [1.82, 2.24) is 0 Å². The Kier molecular flexibility index (Phi) is 6.45. The van der Waals surface area contributed by atoms with Gasteiger partial charge in [0.1, 0.15) is 5.75 Å². The number of esters is 1. The lowest BCUT2D eigenvalue weighted by Gasteiger charge is -2.27. The Morgan fingerprint density at radius 2 is 2.05 bits per heavy atom. The molecule has 118 valence electrons. The molecule has 22 heavy (non-hydrogen) atoms. The van der Waals surface area contributed by atoms with Crippen LogP contribution in [0.4, 0.5) is 0 Å². The number of rotatable bonds is 6. The normalized spacial score (nSPS) is 21.1. The molecular formula is C19H25NO2. The van der Waals surface area contributed by atoms with Gasteiger partial charge in [0.2, 0.25) is 0 Å². The molecule has 0 heterocycles. The number of nitrogens with zero attached hydrogens (tertiary/aromatic N) is 1. The molecule has 0 bridgehead atoms. The van der Waals surface area contributed by atoms with Gasteiger partial charge in [0, 0.05) is 0 Å². The molecule has 0 aromatic heterocycles. The first-order valence-electron chi connectivity index (χ1n) is 8.44. The maximum atomic E-state index is 12.3. The van der Waals surface area contributed by atoms with Gasteiger partial charge in [0.25, 0.3) is 0 Å². The first-order chi connectivity index (χ1) is 10.7. The Balaban J connectivity index is 1.84. The maximum Gasteiger partial charge on any atom is 0.314 e. The van der Waals surface area contributed by atoms with Crippen molar-refractivity contribution in [3.8, 4) is 11.8 Å². The summed E-state index contributed by atoms with van der Waals surface area (Å²) >= 11 is 0. The van der Waals surface area contributed by atoms with Gasteiger partial charge >= 0.3 is 5.97 Å². The van der Waals surface area contributed by atoms with Crippen molar-refractivity contribution in [1.29, 1.82) is 5.26 Å². The molecule has 1 fully saturated rings. The second-order valence-corrected chi connectivity index (χ2v) is 6.28. The molecule has 2 atom stereocenters. The number of benzene rings is 1. The number of unbranched alkanes of at least 4 members (excludes halogenated alkanes) is 2. The van der Waals surface area contributed by atoms with Gasteiger partial charge in [-0.05, 0) is 43.0 Å². The standard InChI is InChI=1S/C19H25NO2/c1-2-3-4-6-15-7-5-8-17(13-15)19(21)22-18-11-9-16(14-20)10-12-18/h9-12,15,17H,2-8,13H2,1H3. The molecule has 0 radical (unpaired) electrons. The molecule has 0 amide bonds. The summed E-state index contributed by atoms with van der Waals surface area (Å²) in [4.78, 5) is 12.3. The van der Waals surface area contributed by atoms with E-state index in [2.05, 4.69) is 13.0 Å². The molecular weight excluding hydrogens is 274 g/mol. The fourth-order valence-electron chi connectivity index (χ4n) is 3.25. The third kappa shape index (κ3) is 4.87. The summed E-state index contributed by atoms with van der Waals surface area (Å²) in [6, 6.07) is 8.80. The molecule has 3 nitrogen and oxygen atoms in total. The Labute approximate surface area is 133 Å². The van der Waals surface area contributed by atoms with Crippen LogP contribution in [0.3, 0.4) is 0 Å². The predicted molar refractivity (Wildman–Crippen MR) is 86.4 cm³/mol. The average molecular weight is 299 g/mol. The van der Waals surface area contributed by atoms with Crippen LogP contribution < -0.4 is 4.74 Å². The largest absolute Gasteiger partial charge is 0.426 e. The summed E-state index contributed by atoms with van der Waals surface area (Å²) in [5, 5.41) is 8.77. The van der Waals surface area contributed by atoms with E-state index in [0.717, 1.165) is 19.3 Å². The zero-order valence-corrected chi connectivity index (χ0v) is 13.4. The van der Waals surface area contributed by atoms with Gasteiger partial charge in [-0.25, -0.2) is 0 Å². The summed E-state index contributed by atoms with van der Waals surface area (Å²) < 4.78 is 5.48. The van der Waals surface area contributed by atoms with E-state index in [1.54, 1.807) is 24.3 Å². The van der Waals surface area contributed by atoms with Crippen molar-refractivity contribution in [2.75, 3.05) is 0 Å². The smallest absolute Gasteiger partial charge is 0.314 e. The third-order valence-electron chi connectivity index (χ3n) is 4.53. The summed E-state index contributed by atoms with van der Waals surface area (Å²) in [5.41, 5.74) is 0.577. The van der Waals surface area contributed by atoms with E-state index in [0.29, 0.717) is 17.2 Å². The predicted octanol–water partition coefficient (Wildman–Crippen LogP) is 4.85. The number of carbonyl (C=O) groups is 1. The summed E-state index contributed by atoms with van der Waals surface area (Å²) in [5.74, 6) is 1.15. The summed E-state index contributed by atoms with van der Waals surface area (Å²) in [6.45, 7) is 2.22. The highest BCUT2D eigenvalue weighted by Gasteiger charge is 2.28. The lowest BCUT2D eigenvalue weighted by Crippen LogP contribution is -2.26. The molecule has 1 aliphatic rings. The molecule has 0 aliphatic heterocycles. The van der Waals surface area contributed by atoms with Crippen LogP contribution in [0.15, 0.2) is 24.3 Å². The number of carbonyl (C=O) groups excluding carboxylic acids is 1. The number of hydrogen-bond acceptors (Lipinski definition) is 3. The number of hydrogen-bond donors (Lipinski definition) is 0. The van der Waals surface area contributed by atoms with Gasteiger partial charge in [-0.3, -0.25) is 4.79 Å². The molecule has 2 unspecified atom stereocenters. The van der Waals surface area contributed by atoms with Crippen LogP contribution in [-0.2, 0) is 4.79 Å². The van der Waals surface area contributed by atoms with E-state index in [9.17, 15) is 4.79 Å². The van der Waals surface area contributed by atoms with Gasteiger partial charge in [0.15, 0.2) is 0 Å². The fourth-order valence-corrected chi connectivity index (χ4v) is 3.25. The topological polar surface area (TPSA) is 50.1 Å². The zero-order chi connectivity index (χ0) is 15.8. The molecule has 1 aromatic rings. The van der Waals surface area contributed by atoms with Crippen molar-refractivity contribution in [2.45, 2.75) is 58.3 Å². The van der Waals surface area contributed by atoms with Gasteiger partial charge in [0.05, 0.1) is 17.6 Å². The second kappa shape index (κ2) is 8.58. The van der Waals surface area contributed by atoms with E-state index in [-0.39, 0.29) is 11.9 Å². The molecule has 2 rings (SSSR count). The maximum absolute atomic E-state index is 12.3. The number of nitriles is 1. The highest BCUT2D eigenvalue weighted by atomic mass is 16.5. The van der Waals surface area contributed by atoms with Crippen molar-refractivity contribution >= 4 is 5.97 Å². The molecule has 0 N–H and O–H groups in total. The highest BCUT2D eigenvalue weighted by molar-refractivity contribution is 5.75. The molecule has 1 aliphatic carbocycles. The summed E-state index contributed by atoms with van der Waals surface area (Å²) in [7, 11) is 0. The first-order valence-corrected chi connectivity index (χ1v) is 8.44. The minimum absolute atomic E-state index is 0.0380. The quantitative estimate of drug-likeness (QED) is 0.428. The minimum atomic E-state index is -0.107. The zero-order valence-electron chi connectivity index (χ0n) is 13.4. The van der Waals surface area contributed by atoms with E-state index in [1.807, 2.05) is 0 Å². The molecule has 0 saturated heterocycles. The van der Waals surface area contributed by atoms with Crippen molar-refractivity contribution in [3.05, 3.63) is 29.8 Å². The Morgan fingerprint density at radius 1 is 1.27 bits per heavy atom. The monoisotopic (exact) mass is 299 g/mol. The van der Waals surface area contributed by atoms with Gasteiger partial charge in [-0.15, -0.1) is 0 Å². The SMILES string of the molecule is CCCCCC1CCCC(C(=O)Oc2ccc(C#N)cc2)C1. The van der Waals surface area contributed by atoms with E-state index in [4.69, 9.17) is 10.00 Å². The van der Waals surface area contributed by atoms with Gasteiger partial charge in [-0.2, -0.15) is 5.26 Å². The van der Waals surface area contributed by atoms with Crippen LogP contribution >= 0.6 is 0 Å². The van der Waals surface area contributed by atoms with Crippen molar-refractivity contribution in [3.63, 3.8) is 0 Å². The van der Waals surface area contributed by atoms with Crippen LogP contribution in [0.1, 0.15) is 63.9 Å². The summed E-state index contributed by atoms with van der Waals surface area (Å²) in [6.07, 6.45) is 9.35. The highest BCUT2D eigenvalue weighted by Crippen LogP contribution is 2.33. The molecule has 0 spiro atoms. The number of ether oxygens (including phenoxy) is 1. The third-order valence-corrected chi connectivity index (χ3v) is 4.53. The van der Waals surface area contributed by atoms with Crippen LogP contribution in [0, 0.1) is 23.2 Å². The van der Waals surface area contributed by atoms with E-state index >= 15 is 0 Å². The van der Waals surface area contributed by atoms with Crippen LogP contribution in [-0.4, -0.2) is 5.97 Å². The fraction of sp³-hybridized carbons (Fsp3) is 0.579. The lowest BCUT2D eigenvalue weighted by atomic mass is 9.79. The van der Waals surface area contributed by atoms with Crippen LogP contribution in [0.2, 0.25) is 0 Å². The Hall–Kier alpha value is -1.82. The van der Waals surface area contributed by atoms with Crippen LogP contribution in [0.5, 0.6) is 5.75 Å². The van der Waals surface area contributed by atoms with Crippen LogP contribution in [0.25, 0.3) is 0 Å². The van der Waals surface area contributed by atoms with Gasteiger partial charge < -0.3 is 4.74 Å². The first kappa shape index (κ1) is 16.5. The minimum Gasteiger partial charge on any atom is -0.426 e. The second-order valence-electron chi connectivity index (χ2n) is 6.28. The lowest BCUT2D eigenvalue weighted by molar-refractivity contribution is -0.140. The van der Waals surface area contributed by atoms with E-state index < -0.39 is 0 Å². The molecule has 1 saturated carbocycles. The molecule has 3 heteroatoms. The average Bonchev–Trinajstić information content (AvgIpc) is 2.56. The van der Waals surface area contributed by atoms with Gasteiger partial charge in [-0.1, -0.05) is 45.4 Å². The van der Waals surface area contributed by atoms with Crippen molar-refractivity contribution < 1.29 is 9.53 Å². The Morgan fingerprint density at radius 3 is 2.73 bits per heavy atom. The van der Waals surface area contributed by atoms with E-state index in [1.165, 1.54) is 32.1 Å².